The number of nitrogens with one attached hydrogen (secondary N) is 1. The number of aliphatic hydroxyl groups is 2. The van der Waals surface area contributed by atoms with E-state index in [1.165, 1.54) is 231 Å². The molecule has 1 amide bonds. The average Bonchev–Trinajstić information content (AvgIpc) is 3.37. The molecule has 6 heteroatoms. The van der Waals surface area contributed by atoms with Crippen molar-refractivity contribution >= 4 is 11.9 Å². The lowest BCUT2D eigenvalue weighted by Crippen LogP contribution is -2.45. The van der Waals surface area contributed by atoms with Gasteiger partial charge >= 0.3 is 5.97 Å². The fraction of sp³-hybridized carbons (Fsp3) is 0.877. The molecule has 2 unspecified atom stereocenters. The Balaban J connectivity index is 3.51. The van der Waals surface area contributed by atoms with Crippen molar-refractivity contribution < 1.29 is 24.5 Å². The number of ether oxygens (including phenoxy) is 1. The molecule has 71 heavy (non-hydrogen) atoms. The SMILES string of the molecule is CCCCCCCC/C=C\CCCCCCCCCCCC(=O)OCCCCC/C=C\CCCCCCCC(=O)NC(CO)C(O)/C=C/CCCCCCCCCCCCCCCCCCCCCCC. The van der Waals surface area contributed by atoms with E-state index in [1.807, 2.05) is 6.08 Å². The summed E-state index contributed by atoms with van der Waals surface area (Å²) in [6, 6.07) is -0.648. The van der Waals surface area contributed by atoms with Gasteiger partial charge in [-0.25, -0.2) is 0 Å². The molecule has 0 aliphatic carbocycles. The van der Waals surface area contributed by atoms with E-state index in [4.69, 9.17) is 4.74 Å². The van der Waals surface area contributed by atoms with Crippen molar-refractivity contribution in [1.82, 2.24) is 5.32 Å². The Kier molecular flexibility index (Phi) is 59.0. The third kappa shape index (κ3) is 57.2. The largest absolute Gasteiger partial charge is 0.466 e. The molecule has 418 valence electrons. The molecule has 0 rings (SSSR count). The summed E-state index contributed by atoms with van der Waals surface area (Å²) >= 11 is 0. The number of allylic oxidation sites excluding steroid dienone is 5. The molecule has 0 aromatic rings. The van der Waals surface area contributed by atoms with E-state index in [-0.39, 0.29) is 18.5 Å². The summed E-state index contributed by atoms with van der Waals surface area (Å²) in [6.45, 7) is 4.86. The van der Waals surface area contributed by atoms with Crippen molar-refractivity contribution in [3.8, 4) is 0 Å². The third-order valence-corrected chi connectivity index (χ3v) is 14.6. The molecule has 0 radical (unpaired) electrons. The summed E-state index contributed by atoms with van der Waals surface area (Å²) in [7, 11) is 0. The summed E-state index contributed by atoms with van der Waals surface area (Å²) in [5.74, 6) is -0.115. The maximum Gasteiger partial charge on any atom is 0.305 e. The van der Waals surface area contributed by atoms with Crippen LogP contribution >= 0.6 is 0 Å². The van der Waals surface area contributed by atoms with E-state index in [1.54, 1.807) is 6.08 Å². The van der Waals surface area contributed by atoms with Crippen LogP contribution in [0.1, 0.15) is 341 Å². The predicted octanol–water partition coefficient (Wildman–Crippen LogP) is 20.0. The lowest BCUT2D eigenvalue weighted by molar-refractivity contribution is -0.143. The summed E-state index contributed by atoms with van der Waals surface area (Å²) in [4.78, 5) is 24.6. The van der Waals surface area contributed by atoms with Gasteiger partial charge in [0.2, 0.25) is 5.91 Å². The van der Waals surface area contributed by atoms with E-state index in [0.29, 0.717) is 19.4 Å². The van der Waals surface area contributed by atoms with Crippen molar-refractivity contribution in [3.05, 3.63) is 36.5 Å². The highest BCUT2D eigenvalue weighted by atomic mass is 16.5. The fourth-order valence-electron chi connectivity index (χ4n) is 9.74. The molecular formula is C65H123NO5. The first-order valence-corrected chi connectivity index (χ1v) is 31.8. The van der Waals surface area contributed by atoms with Gasteiger partial charge in [0.05, 0.1) is 25.4 Å². The van der Waals surface area contributed by atoms with Gasteiger partial charge < -0.3 is 20.3 Å². The monoisotopic (exact) mass is 998 g/mol. The van der Waals surface area contributed by atoms with Gasteiger partial charge in [0.1, 0.15) is 0 Å². The quantitative estimate of drug-likeness (QED) is 0.0321. The molecule has 6 nitrogen and oxygen atoms in total. The van der Waals surface area contributed by atoms with Crippen LogP contribution in [0, 0.1) is 0 Å². The maximum atomic E-state index is 12.5. The predicted molar refractivity (Wildman–Crippen MR) is 310 cm³/mol. The smallest absolute Gasteiger partial charge is 0.305 e. The van der Waals surface area contributed by atoms with Gasteiger partial charge in [-0.1, -0.05) is 275 Å². The number of carbonyl (C=O) groups is 2. The number of carbonyl (C=O) groups excluding carboxylic acids is 2. The van der Waals surface area contributed by atoms with Crippen molar-refractivity contribution in [2.45, 2.75) is 353 Å². The molecule has 0 saturated carbocycles. The minimum absolute atomic E-state index is 0.0242. The number of unbranched alkanes of at least 4 members (excludes halogenated alkanes) is 44. The Morgan fingerprint density at radius 1 is 0.380 bits per heavy atom. The molecule has 0 aliphatic rings. The normalized spacial score (nSPS) is 12.8. The summed E-state index contributed by atoms with van der Waals surface area (Å²) < 4.78 is 5.47. The Labute approximate surface area is 443 Å². The van der Waals surface area contributed by atoms with Gasteiger partial charge in [0.15, 0.2) is 0 Å². The molecule has 0 spiro atoms. The third-order valence-electron chi connectivity index (χ3n) is 14.6. The summed E-state index contributed by atoms with van der Waals surface area (Å²) in [5.41, 5.74) is 0. The molecule has 2 atom stereocenters. The average molecular weight is 999 g/mol. The second kappa shape index (κ2) is 60.6. The molecule has 0 aromatic heterocycles. The Hall–Kier alpha value is -1.92. The van der Waals surface area contributed by atoms with Crippen LogP contribution in [0.15, 0.2) is 36.5 Å². The molecule has 0 saturated heterocycles. The second-order valence-corrected chi connectivity index (χ2v) is 21.7. The first kappa shape index (κ1) is 69.1. The van der Waals surface area contributed by atoms with Crippen LogP contribution in [0.5, 0.6) is 0 Å². The number of hydrogen-bond donors (Lipinski definition) is 3. The van der Waals surface area contributed by atoms with Crippen LogP contribution in [0.25, 0.3) is 0 Å². The maximum absolute atomic E-state index is 12.5. The number of rotatable bonds is 59. The molecule has 0 bridgehead atoms. The lowest BCUT2D eigenvalue weighted by atomic mass is 10.0. The van der Waals surface area contributed by atoms with E-state index < -0.39 is 12.1 Å². The van der Waals surface area contributed by atoms with Gasteiger partial charge in [-0.15, -0.1) is 0 Å². The number of esters is 1. The van der Waals surface area contributed by atoms with Crippen LogP contribution in [-0.2, 0) is 14.3 Å². The number of aliphatic hydroxyl groups excluding tert-OH is 2. The van der Waals surface area contributed by atoms with Crippen LogP contribution in [0.2, 0.25) is 0 Å². The molecule has 0 heterocycles. The number of hydrogen-bond acceptors (Lipinski definition) is 5. The number of amides is 1. The van der Waals surface area contributed by atoms with Crippen LogP contribution < -0.4 is 5.32 Å². The topological polar surface area (TPSA) is 95.9 Å². The summed E-state index contributed by atoms with van der Waals surface area (Å²) in [5, 5.41) is 23.2. The Bertz CT molecular complexity index is 1150. The van der Waals surface area contributed by atoms with Crippen molar-refractivity contribution in [2.24, 2.45) is 0 Å². The zero-order chi connectivity index (χ0) is 51.4. The highest BCUT2D eigenvalue weighted by molar-refractivity contribution is 5.76. The van der Waals surface area contributed by atoms with E-state index in [9.17, 15) is 19.8 Å². The molecular weight excluding hydrogens is 875 g/mol. The fourth-order valence-corrected chi connectivity index (χ4v) is 9.74. The van der Waals surface area contributed by atoms with Gasteiger partial charge in [0.25, 0.3) is 0 Å². The van der Waals surface area contributed by atoms with Crippen molar-refractivity contribution in [2.75, 3.05) is 13.2 Å². The van der Waals surface area contributed by atoms with E-state index >= 15 is 0 Å². The molecule has 0 aromatic carbocycles. The zero-order valence-electron chi connectivity index (χ0n) is 47.7. The molecule has 0 aliphatic heterocycles. The van der Waals surface area contributed by atoms with Crippen LogP contribution in [-0.4, -0.2) is 47.4 Å². The minimum Gasteiger partial charge on any atom is -0.466 e. The van der Waals surface area contributed by atoms with Gasteiger partial charge in [0, 0.05) is 12.8 Å². The molecule has 0 fully saturated rings. The lowest BCUT2D eigenvalue weighted by Gasteiger charge is -2.20. The Morgan fingerprint density at radius 2 is 0.662 bits per heavy atom. The van der Waals surface area contributed by atoms with E-state index in [2.05, 4.69) is 43.5 Å². The standard InChI is InChI=1S/C65H123NO5/c1-3-5-7-9-11-13-15-17-19-21-23-24-25-26-28-29-31-33-37-41-45-49-53-57-63(68)62(61-67)66-64(69)58-54-50-46-42-38-35-36-40-44-48-52-56-60-71-65(70)59-55-51-47-43-39-34-32-30-27-22-20-18-16-14-12-10-8-6-4-2/h18,20,36,40,53,57,62-63,67-68H,3-17,19,21-35,37-39,41-52,54-56,58-61H2,1-2H3,(H,66,69)/b20-18-,40-36-,57-53+. The first-order chi connectivity index (χ1) is 35.0. The Morgan fingerprint density at radius 3 is 1.00 bits per heavy atom. The van der Waals surface area contributed by atoms with Gasteiger partial charge in [-0.2, -0.15) is 0 Å². The minimum atomic E-state index is -0.862. The molecule has 3 N–H and O–H groups in total. The van der Waals surface area contributed by atoms with Gasteiger partial charge in [-0.05, 0) is 89.9 Å². The highest BCUT2D eigenvalue weighted by Gasteiger charge is 2.18. The van der Waals surface area contributed by atoms with Gasteiger partial charge in [-0.3, -0.25) is 9.59 Å². The van der Waals surface area contributed by atoms with Crippen LogP contribution in [0.4, 0.5) is 0 Å². The first-order valence-electron chi connectivity index (χ1n) is 31.8. The van der Waals surface area contributed by atoms with Crippen LogP contribution in [0.3, 0.4) is 0 Å². The summed E-state index contributed by atoms with van der Waals surface area (Å²) in [6.07, 6.45) is 76.1. The van der Waals surface area contributed by atoms with Crippen molar-refractivity contribution in [3.63, 3.8) is 0 Å². The second-order valence-electron chi connectivity index (χ2n) is 21.7. The van der Waals surface area contributed by atoms with Crippen molar-refractivity contribution in [1.29, 1.82) is 0 Å². The zero-order valence-corrected chi connectivity index (χ0v) is 47.7. The highest BCUT2D eigenvalue weighted by Crippen LogP contribution is 2.17. The van der Waals surface area contributed by atoms with E-state index in [0.717, 1.165) is 83.5 Å².